The molecule has 0 N–H and O–H groups in total. The Hall–Kier alpha value is -2.63. The SMILES string of the molecule is CN(C)CC#Cc1ccc(Cc2nccc3ccccc23)cc1. The standard InChI is InChI=1S/C21H20N2/c1-23(2)15-5-6-17-9-11-18(12-10-17)16-21-20-8-4-3-7-19(20)13-14-22-21/h3-4,7-14H,15-16H2,1-2H3. The van der Waals surface area contributed by atoms with E-state index in [1.165, 1.54) is 16.3 Å². The van der Waals surface area contributed by atoms with Crippen LogP contribution in [0.5, 0.6) is 0 Å². The van der Waals surface area contributed by atoms with E-state index in [9.17, 15) is 0 Å². The molecule has 1 aromatic heterocycles. The number of pyridine rings is 1. The number of hydrogen-bond acceptors (Lipinski definition) is 2. The van der Waals surface area contributed by atoms with E-state index >= 15 is 0 Å². The zero-order valence-electron chi connectivity index (χ0n) is 13.6. The predicted molar refractivity (Wildman–Crippen MR) is 96.4 cm³/mol. The van der Waals surface area contributed by atoms with Crippen molar-refractivity contribution in [1.82, 2.24) is 9.88 Å². The van der Waals surface area contributed by atoms with Crippen LogP contribution in [0.15, 0.2) is 60.8 Å². The van der Waals surface area contributed by atoms with Gasteiger partial charge in [-0.25, -0.2) is 0 Å². The van der Waals surface area contributed by atoms with E-state index in [1.54, 1.807) is 0 Å². The van der Waals surface area contributed by atoms with Crippen LogP contribution in [-0.2, 0) is 6.42 Å². The first-order valence-corrected chi connectivity index (χ1v) is 7.77. The van der Waals surface area contributed by atoms with Gasteiger partial charge < -0.3 is 0 Å². The summed E-state index contributed by atoms with van der Waals surface area (Å²) in [6.45, 7) is 0.779. The van der Waals surface area contributed by atoms with E-state index in [1.807, 2.05) is 20.3 Å². The van der Waals surface area contributed by atoms with E-state index in [0.717, 1.165) is 24.2 Å². The van der Waals surface area contributed by atoms with Crippen molar-refractivity contribution < 1.29 is 0 Å². The lowest BCUT2D eigenvalue weighted by Crippen LogP contribution is -2.10. The van der Waals surface area contributed by atoms with Gasteiger partial charge in [-0.3, -0.25) is 9.88 Å². The lowest BCUT2D eigenvalue weighted by molar-refractivity contribution is 0.464. The maximum absolute atomic E-state index is 4.56. The van der Waals surface area contributed by atoms with Crippen LogP contribution >= 0.6 is 0 Å². The van der Waals surface area contributed by atoms with Crippen LogP contribution in [0.3, 0.4) is 0 Å². The van der Waals surface area contributed by atoms with Crippen molar-refractivity contribution in [3.63, 3.8) is 0 Å². The molecule has 2 heteroatoms. The van der Waals surface area contributed by atoms with Gasteiger partial charge in [0.15, 0.2) is 0 Å². The predicted octanol–water partition coefficient (Wildman–Crippen LogP) is 3.74. The van der Waals surface area contributed by atoms with Gasteiger partial charge in [-0.2, -0.15) is 0 Å². The first-order valence-electron chi connectivity index (χ1n) is 7.77. The number of fused-ring (bicyclic) bond motifs is 1. The zero-order valence-corrected chi connectivity index (χ0v) is 13.6. The van der Waals surface area contributed by atoms with E-state index in [2.05, 4.69) is 76.3 Å². The molecule has 0 radical (unpaired) electrons. The van der Waals surface area contributed by atoms with Crippen molar-refractivity contribution in [2.45, 2.75) is 6.42 Å². The van der Waals surface area contributed by atoms with E-state index < -0.39 is 0 Å². The molecule has 0 spiro atoms. The Kier molecular flexibility index (Phi) is 4.71. The second-order valence-electron chi connectivity index (χ2n) is 5.89. The summed E-state index contributed by atoms with van der Waals surface area (Å²) in [5.74, 6) is 6.35. The summed E-state index contributed by atoms with van der Waals surface area (Å²) in [6.07, 6.45) is 2.73. The first kappa shape index (κ1) is 15.3. The van der Waals surface area contributed by atoms with Crippen molar-refractivity contribution in [3.05, 3.63) is 77.6 Å². The van der Waals surface area contributed by atoms with Crippen molar-refractivity contribution in [2.75, 3.05) is 20.6 Å². The zero-order chi connectivity index (χ0) is 16.1. The van der Waals surface area contributed by atoms with Gasteiger partial charge in [-0.15, -0.1) is 0 Å². The Balaban J connectivity index is 1.78. The molecular formula is C21H20N2. The summed E-state index contributed by atoms with van der Waals surface area (Å²) >= 11 is 0. The highest BCUT2D eigenvalue weighted by Crippen LogP contribution is 2.19. The molecule has 0 unspecified atom stereocenters. The average molecular weight is 300 g/mol. The highest BCUT2D eigenvalue weighted by molar-refractivity contribution is 5.84. The fourth-order valence-corrected chi connectivity index (χ4v) is 2.52. The highest BCUT2D eigenvalue weighted by Gasteiger charge is 2.03. The monoisotopic (exact) mass is 300 g/mol. The minimum atomic E-state index is 0.779. The summed E-state index contributed by atoms with van der Waals surface area (Å²) in [5.41, 5.74) is 3.43. The van der Waals surface area contributed by atoms with Crippen LogP contribution < -0.4 is 0 Å². The summed E-state index contributed by atoms with van der Waals surface area (Å²) in [4.78, 5) is 6.62. The van der Waals surface area contributed by atoms with Gasteiger partial charge in [0, 0.05) is 23.6 Å². The summed E-state index contributed by atoms with van der Waals surface area (Å²) < 4.78 is 0. The molecular weight excluding hydrogens is 280 g/mol. The molecule has 2 aromatic carbocycles. The molecule has 3 rings (SSSR count). The minimum Gasteiger partial charge on any atom is -0.299 e. The molecule has 3 aromatic rings. The lowest BCUT2D eigenvalue weighted by Gasteiger charge is -2.06. The first-order chi connectivity index (χ1) is 11.2. The Morgan fingerprint density at radius 2 is 1.74 bits per heavy atom. The fraction of sp³-hybridized carbons (Fsp3) is 0.190. The number of aromatic nitrogens is 1. The Morgan fingerprint density at radius 1 is 0.957 bits per heavy atom. The van der Waals surface area contributed by atoms with Gasteiger partial charge in [-0.05, 0) is 43.2 Å². The summed E-state index contributed by atoms with van der Waals surface area (Å²) in [7, 11) is 4.05. The molecule has 0 atom stereocenters. The molecule has 114 valence electrons. The molecule has 0 aliphatic carbocycles. The van der Waals surface area contributed by atoms with Gasteiger partial charge in [0.2, 0.25) is 0 Å². The van der Waals surface area contributed by atoms with Crippen LogP contribution in [0.25, 0.3) is 10.8 Å². The maximum Gasteiger partial charge on any atom is 0.0600 e. The largest absolute Gasteiger partial charge is 0.299 e. The van der Waals surface area contributed by atoms with Crippen molar-refractivity contribution >= 4 is 10.8 Å². The average Bonchev–Trinajstić information content (AvgIpc) is 2.56. The maximum atomic E-state index is 4.56. The fourth-order valence-electron chi connectivity index (χ4n) is 2.52. The molecule has 23 heavy (non-hydrogen) atoms. The van der Waals surface area contributed by atoms with E-state index in [0.29, 0.717) is 0 Å². The lowest BCUT2D eigenvalue weighted by atomic mass is 10.0. The van der Waals surface area contributed by atoms with Gasteiger partial charge in [0.1, 0.15) is 0 Å². The number of nitrogens with zero attached hydrogens (tertiary/aromatic N) is 2. The van der Waals surface area contributed by atoms with Crippen LogP contribution in [0.4, 0.5) is 0 Å². The third-order valence-electron chi connectivity index (χ3n) is 3.71. The van der Waals surface area contributed by atoms with E-state index in [-0.39, 0.29) is 0 Å². The van der Waals surface area contributed by atoms with Crippen LogP contribution in [-0.4, -0.2) is 30.5 Å². The van der Waals surface area contributed by atoms with Crippen molar-refractivity contribution in [2.24, 2.45) is 0 Å². The third kappa shape index (κ3) is 3.97. The van der Waals surface area contributed by atoms with Crippen LogP contribution in [0.2, 0.25) is 0 Å². The smallest absolute Gasteiger partial charge is 0.0600 e. The van der Waals surface area contributed by atoms with Gasteiger partial charge >= 0.3 is 0 Å². The highest BCUT2D eigenvalue weighted by atomic mass is 15.0. The van der Waals surface area contributed by atoms with Crippen molar-refractivity contribution in [3.8, 4) is 11.8 Å². The topological polar surface area (TPSA) is 16.1 Å². The number of benzene rings is 2. The Bertz CT molecular complexity index is 847. The molecule has 0 amide bonds. The Morgan fingerprint density at radius 3 is 2.52 bits per heavy atom. The number of rotatable bonds is 3. The molecule has 1 heterocycles. The third-order valence-corrected chi connectivity index (χ3v) is 3.71. The quantitative estimate of drug-likeness (QED) is 0.685. The molecule has 0 saturated heterocycles. The van der Waals surface area contributed by atoms with E-state index in [4.69, 9.17) is 0 Å². The molecule has 0 saturated carbocycles. The van der Waals surface area contributed by atoms with Crippen molar-refractivity contribution in [1.29, 1.82) is 0 Å². The van der Waals surface area contributed by atoms with Gasteiger partial charge in [-0.1, -0.05) is 48.2 Å². The van der Waals surface area contributed by atoms with Crippen LogP contribution in [0.1, 0.15) is 16.8 Å². The Labute approximate surface area is 137 Å². The second-order valence-corrected chi connectivity index (χ2v) is 5.89. The molecule has 0 fully saturated rings. The molecule has 2 nitrogen and oxygen atoms in total. The van der Waals surface area contributed by atoms with Gasteiger partial charge in [0.05, 0.1) is 12.2 Å². The van der Waals surface area contributed by atoms with Gasteiger partial charge in [0.25, 0.3) is 0 Å². The normalized spacial score (nSPS) is 10.6. The number of hydrogen-bond donors (Lipinski definition) is 0. The molecule has 0 bridgehead atoms. The second kappa shape index (κ2) is 7.09. The summed E-state index contributed by atoms with van der Waals surface area (Å²) in [5, 5.41) is 2.47. The van der Waals surface area contributed by atoms with Crippen LogP contribution in [0, 0.1) is 11.8 Å². The minimum absolute atomic E-state index is 0.779. The summed E-state index contributed by atoms with van der Waals surface area (Å²) in [6, 6.07) is 18.9. The molecule has 0 aliphatic heterocycles. The molecule has 0 aliphatic rings.